The SMILES string of the molecule is CCCNc1nc(NCC(C)C2CC2)nc(OCCC)n1. The first-order valence-electron chi connectivity index (χ1n) is 8.09. The molecule has 1 atom stereocenters. The van der Waals surface area contributed by atoms with Crippen LogP contribution in [0.25, 0.3) is 0 Å². The van der Waals surface area contributed by atoms with Crippen molar-refractivity contribution in [3.8, 4) is 6.01 Å². The van der Waals surface area contributed by atoms with Crippen LogP contribution in [0.5, 0.6) is 6.01 Å². The Kier molecular flexibility index (Phi) is 6.02. The number of hydrogen-bond donors (Lipinski definition) is 2. The van der Waals surface area contributed by atoms with Gasteiger partial charge in [-0.05, 0) is 37.5 Å². The Morgan fingerprint density at radius 2 is 1.81 bits per heavy atom. The smallest absolute Gasteiger partial charge is 0.323 e. The second-order valence-electron chi connectivity index (χ2n) is 5.74. The maximum absolute atomic E-state index is 5.54. The molecule has 2 rings (SSSR count). The normalized spacial score (nSPS) is 15.6. The van der Waals surface area contributed by atoms with Crippen LogP contribution >= 0.6 is 0 Å². The molecule has 0 amide bonds. The number of nitrogens with one attached hydrogen (secondary N) is 2. The Balaban J connectivity index is 1.98. The molecule has 2 N–H and O–H groups in total. The molecule has 1 aliphatic rings. The topological polar surface area (TPSA) is 72.0 Å². The highest BCUT2D eigenvalue weighted by atomic mass is 16.5. The molecule has 0 aromatic carbocycles. The molecule has 1 saturated carbocycles. The molecule has 1 fully saturated rings. The van der Waals surface area contributed by atoms with Crippen molar-refractivity contribution >= 4 is 11.9 Å². The minimum Gasteiger partial charge on any atom is -0.463 e. The van der Waals surface area contributed by atoms with E-state index in [1.807, 2.05) is 0 Å². The average Bonchev–Trinajstić information content (AvgIpc) is 3.33. The van der Waals surface area contributed by atoms with E-state index >= 15 is 0 Å². The monoisotopic (exact) mass is 293 g/mol. The van der Waals surface area contributed by atoms with Crippen LogP contribution in [0, 0.1) is 11.8 Å². The molecule has 0 aliphatic heterocycles. The van der Waals surface area contributed by atoms with E-state index in [0.29, 0.717) is 30.4 Å². The summed E-state index contributed by atoms with van der Waals surface area (Å²) in [6.45, 7) is 8.81. The van der Waals surface area contributed by atoms with Crippen LogP contribution < -0.4 is 15.4 Å². The summed E-state index contributed by atoms with van der Waals surface area (Å²) in [4.78, 5) is 13.0. The Labute approximate surface area is 127 Å². The lowest BCUT2D eigenvalue weighted by molar-refractivity contribution is 0.292. The molecule has 1 heterocycles. The van der Waals surface area contributed by atoms with Crippen molar-refractivity contribution in [2.45, 2.75) is 46.5 Å². The minimum atomic E-state index is 0.395. The van der Waals surface area contributed by atoms with Crippen LogP contribution in [-0.2, 0) is 0 Å². The number of rotatable bonds is 10. The van der Waals surface area contributed by atoms with E-state index in [1.54, 1.807) is 0 Å². The van der Waals surface area contributed by atoms with Gasteiger partial charge in [0.15, 0.2) is 0 Å². The Bertz CT molecular complexity index is 410. The van der Waals surface area contributed by atoms with Crippen molar-refractivity contribution in [2.75, 3.05) is 30.3 Å². The van der Waals surface area contributed by atoms with E-state index in [-0.39, 0.29) is 0 Å². The second-order valence-corrected chi connectivity index (χ2v) is 5.74. The predicted molar refractivity (Wildman–Crippen MR) is 84.8 cm³/mol. The molecule has 0 bridgehead atoms. The van der Waals surface area contributed by atoms with Crippen molar-refractivity contribution in [3.63, 3.8) is 0 Å². The lowest BCUT2D eigenvalue weighted by Crippen LogP contribution is -2.16. The molecule has 6 nitrogen and oxygen atoms in total. The fourth-order valence-corrected chi connectivity index (χ4v) is 2.09. The van der Waals surface area contributed by atoms with Crippen LogP contribution in [0.2, 0.25) is 0 Å². The maximum Gasteiger partial charge on any atom is 0.323 e. The van der Waals surface area contributed by atoms with E-state index in [2.05, 4.69) is 46.4 Å². The number of anilines is 2. The van der Waals surface area contributed by atoms with Gasteiger partial charge in [0.1, 0.15) is 0 Å². The number of hydrogen-bond acceptors (Lipinski definition) is 6. The largest absolute Gasteiger partial charge is 0.463 e. The lowest BCUT2D eigenvalue weighted by Gasteiger charge is -2.13. The van der Waals surface area contributed by atoms with Crippen molar-refractivity contribution in [1.29, 1.82) is 0 Å². The maximum atomic E-state index is 5.54. The Morgan fingerprint density at radius 1 is 1.10 bits per heavy atom. The second kappa shape index (κ2) is 8.00. The molecular formula is C15H27N5O. The van der Waals surface area contributed by atoms with E-state index in [1.165, 1.54) is 12.8 Å². The third-order valence-corrected chi connectivity index (χ3v) is 3.59. The number of aromatic nitrogens is 3. The molecule has 21 heavy (non-hydrogen) atoms. The molecule has 1 aromatic rings. The highest BCUT2D eigenvalue weighted by molar-refractivity contribution is 5.35. The zero-order valence-corrected chi connectivity index (χ0v) is 13.4. The van der Waals surface area contributed by atoms with Gasteiger partial charge in [-0.2, -0.15) is 15.0 Å². The zero-order valence-electron chi connectivity index (χ0n) is 13.4. The molecule has 1 aliphatic carbocycles. The molecule has 0 radical (unpaired) electrons. The van der Waals surface area contributed by atoms with Gasteiger partial charge in [-0.25, -0.2) is 0 Å². The summed E-state index contributed by atoms with van der Waals surface area (Å²) in [5.41, 5.74) is 0. The van der Waals surface area contributed by atoms with Gasteiger partial charge in [-0.3, -0.25) is 0 Å². The van der Waals surface area contributed by atoms with Crippen molar-refractivity contribution in [2.24, 2.45) is 11.8 Å². The molecule has 0 spiro atoms. The fraction of sp³-hybridized carbons (Fsp3) is 0.800. The third-order valence-electron chi connectivity index (χ3n) is 3.59. The van der Waals surface area contributed by atoms with Gasteiger partial charge in [0, 0.05) is 13.1 Å². The van der Waals surface area contributed by atoms with Gasteiger partial charge >= 0.3 is 6.01 Å². The van der Waals surface area contributed by atoms with Crippen LogP contribution in [0.3, 0.4) is 0 Å². The van der Waals surface area contributed by atoms with Crippen molar-refractivity contribution < 1.29 is 4.74 Å². The molecular weight excluding hydrogens is 266 g/mol. The fourth-order valence-electron chi connectivity index (χ4n) is 2.09. The standard InChI is InChI=1S/C15H27N5O/c1-4-8-16-13-18-14(17-10-11(3)12-6-7-12)20-15(19-13)21-9-5-2/h11-12H,4-10H2,1-3H3,(H2,16,17,18,19,20). The van der Waals surface area contributed by atoms with Gasteiger partial charge in [0.05, 0.1) is 6.61 Å². The summed E-state index contributed by atoms with van der Waals surface area (Å²) >= 11 is 0. The molecule has 1 aromatic heterocycles. The number of ether oxygens (including phenoxy) is 1. The van der Waals surface area contributed by atoms with Crippen LogP contribution in [0.15, 0.2) is 0 Å². The van der Waals surface area contributed by atoms with Crippen molar-refractivity contribution in [1.82, 2.24) is 15.0 Å². The van der Waals surface area contributed by atoms with Gasteiger partial charge in [0.25, 0.3) is 0 Å². The first kappa shape index (κ1) is 15.8. The third kappa shape index (κ3) is 5.36. The Morgan fingerprint density at radius 3 is 2.43 bits per heavy atom. The molecule has 1 unspecified atom stereocenters. The highest BCUT2D eigenvalue weighted by Gasteiger charge is 2.27. The first-order valence-corrected chi connectivity index (χ1v) is 8.09. The van der Waals surface area contributed by atoms with Gasteiger partial charge in [0.2, 0.25) is 11.9 Å². The van der Waals surface area contributed by atoms with Gasteiger partial charge in [-0.1, -0.05) is 20.8 Å². The summed E-state index contributed by atoms with van der Waals surface area (Å²) in [5, 5.41) is 6.51. The number of nitrogens with zero attached hydrogens (tertiary/aromatic N) is 3. The quantitative estimate of drug-likeness (QED) is 0.691. The van der Waals surface area contributed by atoms with Crippen LogP contribution in [0.1, 0.15) is 46.5 Å². The average molecular weight is 293 g/mol. The van der Waals surface area contributed by atoms with Crippen LogP contribution in [0.4, 0.5) is 11.9 Å². The molecule has 0 saturated heterocycles. The van der Waals surface area contributed by atoms with Crippen LogP contribution in [-0.4, -0.2) is 34.6 Å². The summed E-state index contributed by atoms with van der Waals surface area (Å²) in [7, 11) is 0. The Hall–Kier alpha value is -1.59. The van der Waals surface area contributed by atoms with E-state index in [0.717, 1.165) is 31.8 Å². The molecule has 118 valence electrons. The zero-order chi connectivity index (χ0) is 15.1. The van der Waals surface area contributed by atoms with E-state index in [4.69, 9.17) is 4.74 Å². The highest BCUT2D eigenvalue weighted by Crippen LogP contribution is 2.36. The summed E-state index contributed by atoms with van der Waals surface area (Å²) in [5.74, 6) is 2.71. The predicted octanol–water partition coefficient (Wildman–Crippen LogP) is 2.94. The summed E-state index contributed by atoms with van der Waals surface area (Å²) in [6.07, 6.45) is 4.67. The van der Waals surface area contributed by atoms with Gasteiger partial charge < -0.3 is 15.4 Å². The lowest BCUT2D eigenvalue weighted by atomic mass is 10.1. The van der Waals surface area contributed by atoms with E-state index in [9.17, 15) is 0 Å². The van der Waals surface area contributed by atoms with Crippen molar-refractivity contribution in [3.05, 3.63) is 0 Å². The summed E-state index contributed by atoms with van der Waals surface area (Å²) in [6, 6.07) is 0.395. The minimum absolute atomic E-state index is 0.395. The summed E-state index contributed by atoms with van der Waals surface area (Å²) < 4.78 is 5.54. The molecule has 6 heteroatoms. The van der Waals surface area contributed by atoms with E-state index < -0.39 is 0 Å². The first-order chi connectivity index (χ1) is 10.2. The van der Waals surface area contributed by atoms with Gasteiger partial charge in [-0.15, -0.1) is 0 Å².